The van der Waals surface area contributed by atoms with Gasteiger partial charge in [-0.2, -0.15) is 0 Å². The molecular weight excluding hydrogens is 453 g/mol. The van der Waals surface area contributed by atoms with Crippen molar-refractivity contribution in [2.45, 2.75) is 71.3 Å². The zero-order valence-corrected chi connectivity index (χ0v) is 21.5. The van der Waals surface area contributed by atoms with Gasteiger partial charge in [0, 0.05) is 23.0 Å². The van der Waals surface area contributed by atoms with E-state index in [9.17, 15) is 4.79 Å². The van der Waals surface area contributed by atoms with Crippen molar-refractivity contribution in [2.75, 3.05) is 0 Å². The molecule has 0 aliphatic heterocycles. The van der Waals surface area contributed by atoms with E-state index in [2.05, 4.69) is 52.1 Å². The molecule has 1 heterocycles. The van der Waals surface area contributed by atoms with Gasteiger partial charge in [-0.05, 0) is 88.7 Å². The van der Waals surface area contributed by atoms with Crippen LogP contribution in [-0.4, -0.2) is 5.91 Å². The van der Waals surface area contributed by atoms with Crippen LogP contribution < -0.4 is 5.32 Å². The third kappa shape index (κ3) is 5.00. The van der Waals surface area contributed by atoms with Crippen molar-refractivity contribution in [3.8, 4) is 0 Å². The summed E-state index contributed by atoms with van der Waals surface area (Å²) in [5.41, 5.74) is 6.50. The van der Waals surface area contributed by atoms with E-state index >= 15 is 0 Å². The van der Waals surface area contributed by atoms with Crippen molar-refractivity contribution in [3.63, 3.8) is 0 Å². The maximum absolute atomic E-state index is 12.6. The highest BCUT2D eigenvalue weighted by atomic mass is 35.5. The summed E-state index contributed by atoms with van der Waals surface area (Å²) in [5.74, 6) is 0.791. The van der Waals surface area contributed by atoms with Gasteiger partial charge in [0.1, 0.15) is 5.76 Å². The van der Waals surface area contributed by atoms with Crippen LogP contribution in [0.25, 0.3) is 0 Å². The summed E-state index contributed by atoms with van der Waals surface area (Å²) >= 11 is 12.2. The lowest BCUT2D eigenvalue weighted by molar-refractivity contribution is 0.0921. The molecule has 5 heteroatoms. The minimum absolute atomic E-state index is 0.156. The van der Waals surface area contributed by atoms with Crippen LogP contribution in [0.1, 0.15) is 84.7 Å². The molecule has 2 aromatic carbocycles. The Balaban J connectivity index is 1.51. The molecule has 3 aromatic rings. The Morgan fingerprint density at radius 2 is 1.61 bits per heavy atom. The fraction of sp³-hybridized carbons (Fsp3) is 0.393. The third-order valence-corrected chi connectivity index (χ3v) is 7.61. The first-order valence-corrected chi connectivity index (χ1v) is 12.2. The van der Waals surface area contributed by atoms with Gasteiger partial charge in [0.2, 0.25) is 0 Å². The van der Waals surface area contributed by atoms with Gasteiger partial charge in [0.05, 0.1) is 0 Å². The fourth-order valence-electron chi connectivity index (χ4n) is 4.68. The van der Waals surface area contributed by atoms with Gasteiger partial charge in [-0.15, -0.1) is 0 Å². The van der Waals surface area contributed by atoms with Crippen molar-refractivity contribution in [2.24, 2.45) is 0 Å². The Labute approximate surface area is 206 Å². The molecule has 174 valence electrons. The Hall–Kier alpha value is -2.23. The normalized spacial score (nSPS) is 16.3. The highest BCUT2D eigenvalue weighted by molar-refractivity contribution is 6.33. The number of halogens is 2. The van der Waals surface area contributed by atoms with E-state index < -0.39 is 0 Å². The number of hydrogen-bond donors (Lipinski definition) is 1. The van der Waals surface area contributed by atoms with Gasteiger partial charge in [-0.25, -0.2) is 0 Å². The molecule has 0 spiro atoms. The summed E-state index contributed by atoms with van der Waals surface area (Å²) in [6.07, 6.45) is 3.03. The topological polar surface area (TPSA) is 42.2 Å². The average Bonchev–Trinajstić information content (AvgIpc) is 3.22. The third-order valence-electron chi connectivity index (χ3n) is 7.01. The summed E-state index contributed by atoms with van der Waals surface area (Å²) < 4.78 is 5.91. The lowest BCUT2D eigenvalue weighted by Gasteiger charge is -2.42. The van der Waals surface area contributed by atoms with E-state index in [0.29, 0.717) is 22.2 Å². The van der Waals surface area contributed by atoms with Crippen LogP contribution in [0.4, 0.5) is 0 Å². The second-order valence-corrected chi connectivity index (χ2v) is 11.3. The molecule has 1 N–H and O–H groups in total. The number of aryl methyl sites for hydroxylation is 1. The molecule has 1 aliphatic rings. The van der Waals surface area contributed by atoms with Gasteiger partial charge >= 0.3 is 0 Å². The van der Waals surface area contributed by atoms with Crippen molar-refractivity contribution in [1.82, 2.24) is 5.32 Å². The van der Waals surface area contributed by atoms with Gasteiger partial charge in [-0.1, -0.05) is 63.0 Å². The minimum atomic E-state index is -0.276. The zero-order chi connectivity index (χ0) is 24.0. The standard InChI is InChI=1S/C28H31Cl2NO2/c1-17-12-22-23(28(4,5)11-10-27(22,2)3)15-18(17)14-21-7-9-25(33-21)26(32)31-16-19-13-20(29)6-8-24(19)30/h6-9,12-13,15H,10-11,14,16H2,1-5H3,(H,31,32). The molecule has 0 bridgehead atoms. The Morgan fingerprint density at radius 3 is 2.30 bits per heavy atom. The molecule has 33 heavy (non-hydrogen) atoms. The van der Waals surface area contributed by atoms with Crippen LogP contribution in [-0.2, 0) is 23.8 Å². The number of furan rings is 1. The van der Waals surface area contributed by atoms with Crippen LogP contribution in [0.2, 0.25) is 10.0 Å². The summed E-state index contributed by atoms with van der Waals surface area (Å²) in [5, 5.41) is 4.00. The first kappa shape index (κ1) is 23.9. The monoisotopic (exact) mass is 483 g/mol. The van der Waals surface area contributed by atoms with Crippen LogP contribution in [0.3, 0.4) is 0 Å². The van der Waals surface area contributed by atoms with Crippen LogP contribution >= 0.6 is 23.2 Å². The number of amides is 1. The van der Waals surface area contributed by atoms with Gasteiger partial charge < -0.3 is 9.73 Å². The smallest absolute Gasteiger partial charge is 0.287 e. The van der Waals surface area contributed by atoms with E-state index in [-0.39, 0.29) is 23.3 Å². The van der Waals surface area contributed by atoms with E-state index in [1.54, 1.807) is 24.3 Å². The SMILES string of the molecule is Cc1cc2c(cc1Cc1ccc(C(=O)NCc3cc(Cl)ccc3Cl)o1)C(C)(C)CCC2(C)C. The van der Waals surface area contributed by atoms with E-state index in [1.165, 1.54) is 35.1 Å². The molecule has 0 saturated carbocycles. The molecule has 4 rings (SSSR count). The fourth-order valence-corrected chi connectivity index (χ4v) is 5.06. The number of carbonyl (C=O) groups excluding carboxylic acids is 1. The van der Waals surface area contributed by atoms with Crippen LogP contribution in [0.5, 0.6) is 0 Å². The molecule has 1 aromatic heterocycles. The van der Waals surface area contributed by atoms with Crippen molar-refractivity contribution < 1.29 is 9.21 Å². The summed E-state index contributed by atoms with van der Waals surface area (Å²) in [4.78, 5) is 12.6. The van der Waals surface area contributed by atoms with Crippen molar-refractivity contribution in [1.29, 1.82) is 0 Å². The molecular formula is C28H31Cl2NO2. The molecule has 0 fully saturated rings. The molecule has 1 amide bonds. The average molecular weight is 484 g/mol. The number of nitrogens with one attached hydrogen (secondary N) is 1. The van der Waals surface area contributed by atoms with Gasteiger partial charge in [0.15, 0.2) is 5.76 Å². The van der Waals surface area contributed by atoms with E-state index in [1.807, 2.05) is 6.07 Å². The highest BCUT2D eigenvalue weighted by Gasteiger charge is 2.37. The second-order valence-electron chi connectivity index (χ2n) is 10.5. The van der Waals surface area contributed by atoms with Crippen LogP contribution in [0.15, 0.2) is 46.9 Å². The first-order valence-electron chi connectivity index (χ1n) is 11.4. The summed E-state index contributed by atoms with van der Waals surface area (Å²) in [7, 11) is 0. The van der Waals surface area contributed by atoms with E-state index in [0.717, 1.165) is 11.3 Å². The molecule has 3 nitrogen and oxygen atoms in total. The van der Waals surface area contributed by atoms with Crippen molar-refractivity contribution >= 4 is 29.1 Å². The predicted octanol–water partition coefficient (Wildman–Crippen LogP) is 7.76. The number of rotatable bonds is 5. The zero-order valence-electron chi connectivity index (χ0n) is 19.9. The number of hydrogen-bond acceptors (Lipinski definition) is 2. The largest absolute Gasteiger partial charge is 0.456 e. The Kier molecular flexibility index (Phi) is 6.41. The number of carbonyl (C=O) groups is 1. The molecule has 0 atom stereocenters. The Morgan fingerprint density at radius 1 is 0.939 bits per heavy atom. The number of benzene rings is 2. The molecule has 1 aliphatic carbocycles. The maximum atomic E-state index is 12.6. The molecule has 0 unspecified atom stereocenters. The molecule has 0 saturated heterocycles. The maximum Gasteiger partial charge on any atom is 0.287 e. The summed E-state index contributed by atoms with van der Waals surface area (Å²) in [6, 6.07) is 13.5. The molecule has 0 radical (unpaired) electrons. The number of fused-ring (bicyclic) bond motifs is 1. The van der Waals surface area contributed by atoms with Gasteiger partial charge in [0.25, 0.3) is 5.91 Å². The second kappa shape index (κ2) is 8.85. The van der Waals surface area contributed by atoms with Crippen molar-refractivity contribution in [3.05, 3.63) is 91.8 Å². The first-order chi connectivity index (χ1) is 15.5. The quantitative estimate of drug-likeness (QED) is 0.402. The minimum Gasteiger partial charge on any atom is -0.456 e. The Bertz CT molecular complexity index is 1210. The predicted molar refractivity (Wildman–Crippen MR) is 136 cm³/mol. The lowest BCUT2D eigenvalue weighted by atomic mass is 9.62. The highest BCUT2D eigenvalue weighted by Crippen LogP contribution is 2.46. The van der Waals surface area contributed by atoms with E-state index in [4.69, 9.17) is 27.6 Å². The summed E-state index contributed by atoms with van der Waals surface area (Å²) in [6.45, 7) is 11.8. The van der Waals surface area contributed by atoms with Gasteiger partial charge in [-0.3, -0.25) is 4.79 Å². The van der Waals surface area contributed by atoms with Crippen LogP contribution in [0, 0.1) is 6.92 Å². The lowest BCUT2D eigenvalue weighted by Crippen LogP contribution is -2.34.